The molecule has 2 rings (SSSR count). The smallest absolute Gasteiger partial charge is 0.330 e. The van der Waals surface area contributed by atoms with Gasteiger partial charge in [0.05, 0.1) is 4.47 Å². The minimum absolute atomic E-state index is 0.0935. The highest BCUT2D eigenvalue weighted by Gasteiger charge is 2.24. The number of hydrogen-bond donors (Lipinski definition) is 2. The van der Waals surface area contributed by atoms with Crippen LogP contribution in [0.25, 0.3) is 0 Å². The lowest BCUT2D eigenvalue weighted by atomic mass is 10.1. The van der Waals surface area contributed by atoms with E-state index in [-0.39, 0.29) is 6.79 Å². The number of ether oxygens (including phenoxy) is 2. The van der Waals surface area contributed by atoms with Crippen LogP contribution in [0.1, 0.15) is 11.6 Å². The molecule has 2 N–H and O–H groups in total. The zero-order chi connectivity index (χ0) is 12.4. The zero-order valence-electron chi connectivity index (χ0n) is 8.47. The molecule has 0 saturated heterocycles. The fraction of sp³-hybridized carbons (Fsp3) is 0.200. The fourth-order valence-electron chi connectivity index (χ4n) is 1.53. The molecule has 6 nitrogen and oxygen atoms in total. The average Bonchev–Trinajstić information content (AvgIpc) is 2.73. The van der Waals surface area contributed by atoms with Crippen LogP contribution in [0.3, 0.4) is 0 Å². The SMILES string of the molecule is O=CNC(C(=O)O)c1cc(Br)c2c(c1)OCO2. The van der Waals surface area contributed by atoms with Crippen molar-refractivity contribution in [2.45, 2.75) is 6.04 Å². The number of hydrogen-bond acceptors (Lipinski definition) is 4. The first-order valence-corrected chi connectivity index (χ1v) is 5.44. The summed E-state index contributed by atoms with van der Waals surface area (Å²) >= 11 is 3.25. The normalized spacial score (nSPS) is 14.2. The summed E-state index contributed by atoms with van der Waals surface area (Å²) in [6, 6.07) is 1.99. The van der Waals surface area contributed by atoms with Gasteiger partial charge in [0.1, 0.15) is 0 Å². The van der Waals surface area contributed by atoms with Gasteiger partial charge in [0.15, 0.2) is 17.5 Å². The molecule has 1 amide bonds. The van der Waals surface area contributed by atoms with E-state index in [1.807, 2.05) is 0 Å². The van der Waals surface area contributed by atoms with Gasteiger partial charge in [-0.15, -0.1) is 0 Å². The largest absolute Gasteiger partial charge is 0.479 e. The number of carbonyl (C=O) groups is 2. The van der Waals surface area contributed by atoms with E-state index in [9.17, 15) is 9.59 Å². The van der Waals surface area contributed by atoms with Gasteiger partial charge in [-0.05, 0) is 33.6 Å². The van der Waals surface area contributed by atoms with E-state index in [1.165, 1.54) is 6.07 Å². The number of carboxylic acids is 1. The van der Waals surface area contributed by atoms with E-state index in [0.717, 1.165) is 0 Å². The van der Waals surface area contributed by atoms with Gasteiger partial charge in [0.2, 0.25) is 13.2 Å². The Kier molecular flexibility index (Phi) is 3.19. The molecule has 1 atom stereocenters. The molecule has 1 unspecified atom stereocenters. The number of amides is 1. The molecule has 0 saturated carbocycles. The van der Waals surface area contributed by atoms with Gasteiger partial charge in [0, 0.05) is 0 Å². The summed E-state index contributed by atoms with van der Waals surface area (Å²) in [6.07, 6.45) is 0.345. The van der Waals surface area contributed by atoms with Crippen LogP contribution >= 0.6 is 15.9 Å². The number of fused-ring (bicyclic) bond motifs is 1. The maximum atomic E-state index is 11.0. The Morgan fingerprint density at radius 1 is 1.53 bits per heavy atom. The number of rotatable bonds is 4. The first-order chi connectivity index (χ1) is 8.13. The Balaban J connectivity index is 2.41. The van der Waals surface area contributed by atoms with E-state index in [1.54, 1.807) is 6.07 Å². The second-order valence-corrected chi connectivity index (χ2v) is 4.15. The van der Waals surface area contributed by atoms with Crippen LogP contribution in [0.15, 0.2) is 16.6 Å². The van der Waals surface area contributed by atoms with E-state index >= 15 is 0 Å². The molecule has 0 aromatic heterocycles. The molecule has 90 valence electrons. The predicted octanol–water partition coefficient (Wildman–Crippen LogP) is 1.05. The fourth-order valence-corrected chi connectivity index (χ4v) is 2.11. The van der Waals surface area contributed by atoms with Crippen molar-refractivity contribution in [2.75, 3.05) is 6.79 Å². The van der Waals surface area contributed by atoms with Crippen LogP contribution in [0.2, 0.25) is 0 Å². The van der Waals surface area contributed by atoms with Crippen LogP contribution in [-0.4, -0.2) is 24.3 Å². The summed E-state index contributed by atoms with van der Waals surface area (Å²) in [6.45, 7) is 0.0935. The van der Waals surface area contributed by atoms with Crippen LogP contribution in [0.5, 0.6) is 11.5 Å². The van der Waals surface area contributed by atoms with Crippen molar-refractivity contribution in [3.63, 3.8) is 0 Å². The first-order valence-electron chi connectivity index (χ1n) is 4.65. The van der Waals surface area contributed by atoms with E-state index in [0.29, 0.717) is 27.9 Å². The molecule has 17 heavy (non-hydrogen) atoms. The van der Waals surface area contributed by atoms with Gasteiger partial charge in [-0.1, -0.05) is 0 Å². The third kappa shape index (κ3) is 2.19. The molecule has 0 radical (unpaired) electrons. The lowest BCUT2D eigenvalue weighted by molar-refractivity contribution is -0.140. The Labute approximate surface area is 105 Å². The summed E-state index contributed by atoms with van der Waals surface area (Å²) in [5, 5.41) is 11.2. The van der Waals surface area contributed by atoms with Crippen molar-refractivity contribution >= 4 is 28.3 Å². The quantitative estimate of drug-likeness (QED) is 0.812. The zero-order valence-corrected chi connectivity index (χ0v) is 10.1. The van der Waals surface area contributed by atoms with Crippen molar-refractivity contribution < 1.29 is 24.2 Å². The first kappa shape index (κ1) is 11.7. The van der Waals surface area contributed by atoms with Crippen LogP contribution in [0.4, 0.5) is 0 Å². The molecule has 1 aliphatic rings. The van der Waals surface area contributed by atoms with Crippen molar-refractivity contribution in [1.82, 2.24) is 5.32 Å². The minimum atomic E-state index is -1.15. The summed E-state index contributed by atoms with van der Waals surface area (Å²) in [4.78, 5) is 21.4. The van der Waals surface area contributed by atoms with E-state index in [4.69, 9.17) is 14.6 Å². The Morgan fingerprint density at radius 2 is 2.29 bits per heavy atom. The van der Waals surface area contributed by atoms with Crippen molar-refractivity contribution in [1.29, 1.82) is 0 Å². The van der Waals surface area contributed by atoms with Gasteiger partial charge in [-0.2, -0.15) is 0 Å². The van der Waals surface area contributed by atoms with Gasteiger partial charge < -0.3 is 19.9 Å². The molecular formula is C10H8BrNO5. The molecule has 1 aromatic carbocycles. The van der Waals surface area contributed by atoms with Crippen LogP contribution in [-0.2, 0) is 9.59 Å². The summed E-state index contributed by atoms with van der Waals surface area (Å²) in [7, 11) is 0. The molecular weight excluding hydrogens is 294 g/mol. The average molecular weight is 302 g/mol. The van der Waals surface area contributed by atoms with Crippen molar-refractivity contribution in [2.24, 2.45) is 0 Å². The van der Waals surface area contributed by atoms with Crippen LogP contribution < -0.4 is 14.8 Å². The lowest BCUT2D eigenvalue weighted by Gasteiger charge is -2.12. The predicted molar refractivity (Wildman–Crippen MR) is 59.8 cm³/mol. The van der Waals surface area contributed by atoms with Gasteiger partial charge >= 0.3 is 5.97 Å². The maximum absolute atomic E-state index is 11.0. The third-order valence-corrected chi connectivity index (χ3v) is 2.85. The number of aliphatic carboxylic acids is 1. The third-order valence-electron chi connectivity index (χ3n) is 2.26. The Hall–Kier alpha value is -1.76. The standard InChI is InChI=1S/C10H8BrNO5/c11-6-1-5(8(10(14)15)12-3-13)2-7-9(6)17-4-16-7/h1-3,8H,4H2,(H,12,13)(H,14,15). The van der Waals surface area contributed by atoms with E-state index in [2.05, 4.69) is 21.2 Å². The highest BCUT2D eigenvalue weighted by atomic mass is 79.9. The highest BCUT2D eigenvalue weighted by Crippen LogP contribution is 2.41. The van der Waals surface area contributed by atoms with Gasteiger partial charge in [0.25, 0.3) is 0 Å². The molecule has 1 heterocycles. The second kappa shape index (κ2) is 4.62. The molecule has 0 fully saturated rings. The monoisotopic (exact) mass is 301 g/mol. The highest BCUT2D eigenvalue weighted by molar-refractivity contribution is 9.10. The van der Waals surface area contributed by atoms with Crippen molar-refractivity contribution in [3.05, 3.63) is 22.2 Å². The molecule has 0 spiro atoms. The number of benzene rings is 1. The molecule has 1 aromatic rings. The minimum Gasteiger partial charge on any atom is -0.479 e. The number of carbonyl (C=O) groups excluding carboxylic acids is 1. The molecule has 7 heteroatoms. The van der Waals surface area contributed by atoms with Gasteiger partial charge in [-0.3, -0.25) is 4.79 Å². The molecule has 1 aliphatic heterocycles. The Bertz CT molecular complexity index is 476. The number of carboxylic acid groups (broad SMARTS) is 1. The second-order valence-electron chi connectivity index (χ2n) is 3.29. The summed E-state index contributed by atoms with van der Waals surface area (Å²) in [5.41, 5.74) is 0.403. The van der Waals surface area contributed by atoms with Crippen molar-refractivity contribution in [3.8, 4) is 11.5 Å². The van der Waals surface area contributed by atoms with E-state index < -0.39 is 12.0 Å². The summed E-state index contributed by atoms with van der Waals surface area (Å²) < 4.78 is 10.9. The molecule has 0 bridgehead atoms. The number of nitrogens with one attached hydrogen (secondary N) is 1. The van der Waals surface area contributed by atoms with Crippen LogP contribution in [0, 0.1) is 0 Å². The van der Waals surface area contributed by atoms with Gasteiger partial charge in [-0.25, -0.2) is 4.79 Å². The maximum Gasteiger partial charge on any atom is 0.330 e. The molecule has 0 aliphatic carbocycles. The topological polar surface area (TPSA) is 84.9 Å². The lowest BCUT2D eigenvalue weighted by Crippen LogP contribution is -2.27. The Morgan fingerprint density at radius 3 is 2.94 bits per heavy atom. The number of halogens is 1. The summed E-state index contributed by atoms with van der Waals surface area (Å²) in [5.74, 6) is -0.166.